The summed E-state index contributed by atoms with van der Waals surface area (Å²) >= 11 is 5.98. The third-order valence-corrected chi connectivity index (χ3v) is 4.00. The van der Waals surface area contributed by atoms with E-state index in [2.05, 4.69) is 20.7 Å². The smallest absolute Gasteiger partial charge is 0.412 e. The zero-order valence-electron chi connectivity index (χ0n) is 17.3. The van der Waals surface area contributed by atoms with Crippen LogP contribution in [0, 0.1) is 0 Å². The van der Waals surface area contributed by atoms with Crippen LogP contribution in [0.15, 0.2) is 60.9 Å². The molecular formula is C22H22ClN5O3. The summed E-state index contributed by atoms with van der Waals surface area (Å²) < 4.78 is 6.63. The Labute approximate surface area is 184 Å². The maximum absolute atomic E-state index is 12.2. The molecule has 160 valence electrons. The van der Waals surface area contributed by atoms with E-state index in [1.54, 1.807) is 57.2 Å². The van der Waals surface area contributed by atoms with E-state index in [1.807, 2.05) is 12.1 Å². The largest absolute Gasteiger partial charge is 0.444 e. The molecule has 1 heterocycles. The minimum Gasteiger partial charge on any atom is -0.444 e. The summed E-state index contributed by atoms with van der Waals surface area (Å²) in [5.74, 6) is 0.160. The second-order valence-corrected chi connectivity index (χ2v) is 8.00. The molecule has 0 aliphatic rings. The Kier molecular flexibility index (Phi) is 6.71. The average Bonchev–Trinajstić information content (AvgIpc) is 3.16. The van der Waals surface area contributed by atoms with Crippen molar-refractivity contribution in [3.8, 4) is 11.4 Å². The summed E-state index contributed by atoms with van der Waals surface area (Å²) in [6.45, 7) is 5.36. The molecule has 3 aromatic rings. The summed E-state index contributed by atoms with van der Waals surface area (Å²) in [5.41, 5.74) is 1.33. The molecule has 9 heteroatoms. The van der Waals surface area contributed by atoms with Gasteiger partial charge in [0.15, 0.2) is 5.82 Å². The Bertz CT molecular complexity index is 1100. The zero-order chi connectivity index (χ0) is 22.4. The van der Waals surface area contributed by atoms with Gasteiger partial charge in [0.05, 0.1) is 0 Å². The van der Waals surface area contributed by atoms with Gasteiger partial charge in [-0.25, -0.2) is 14.5 Å². The standard InChI is InChI=1S/C22H22ClN5O3/c1-22(2,3)31-21(30)26-18-9-7-17(8-10-18)25-19(29)11-12-28-14-24-20(27-28)15-5-4-6-16(23)13-15/h4-14H,1-3H3,(H,25,29)(H,26,30). The molecule has 0 aliphatic carbocycles. The van der Waals surface area contributed by atoms with Crippen LogP contribution in [-0.2, 0) is 9.53 Å². The van der Waals surface area contributed by atoms with Gasteiger partial charge in [0, 0.05) is 34.2 Å². The second-order valence-electron chi connectivity index (χ2n) is 7.57. The Morgan fingerprint density at radius 3 is 2.39 bits per heavy atom. The lowest BCUT2D eigenvalue weighted by atomic mass is 10.2. The normalized spacial score (nSPS) is 11.4. The third-order valence-electron chi connectivity index (χ3n) is 3.77. The van der Waals surface area contributed by atoms with E-state index >= 15 is 0 Å². The number of ether oxygens (including phenoxy) is 1. The SMILES string of the molecule is CC(C)(C)OC(=O)Nc1ccc(NC(=O)C=Cn2cnc(-c3cccc(Cl)c3)n2)cc1. The van der Waals surface area contributed by atoms with E-state index in [1.165, 1.54) is 23.3 Å². The van der Waals surface area contributed by atoms with E-state index in [9.17, 15) is 9.59 Å². The van der Waals surface area contributed by atoms with Gasteiger partial charge in [0.1, 0.15) is 11.9 Å². The lowest BCUT2D eigenvalue weighted by Gasteiger charge is -2.19. The van der Waals surface area contributed by atoms with Crippen LogP contribution >= 0.6 is 11.6 Å². The Balaban J connectivity index is 1.55. The van der Waals surface area contributed by atoms with Gasteiger partial charge >= 0.3 is 6.09 Å². The number of hydrogen-bond acceptors (Lipinski definition) is 5. The van der Waals surface area contributed by atoms with Gasteiger partial charge in [-0.05, 0) is 57.2 Å². The van der Waals surface area contributed by atoms with Crippen LogP contribution < -0.4 is 10.6 Å². The van der Waals surface area contributed by atoms with Crippen LogP contribution in [0.2, 0.25) is 5.02 Å². The number of amides is 2. The number of nitrogens with one attached hydrogen (secondary N) is 2. The van der Waals surface area contributed by atoms with Gasteiger partial charge in [-0.15, -0.1) is 5.10 Å². The molecule has 0 fully saturated rings. The maximum atomic E-state index is 12.2. The molecule has 0 radical (unpaired) electrons. The van der Waals surface area contributed by atoms with Gasteiger partial charge in [-0.3, -0.25) is 10.1 Å². The molecule has 0 atom stereocenters. The quantitative estimate of drug-likeness (QED) is 0.542. The van der Waals surface area contributed by atoms with Crippen LogP contribution in [0.3, 0.4) is 0 Å². The second kappa shape index (κ2) is 9.44. The predicted octanol–water partition coefficient (Wildman–Crippen LogP) is 5.05. The minimum absolute atomic E-state index is 0.340. The first-order valence-corrected chi connectivity index (χ1v) is 9.82. The molecule has 0 aliphatic heterocycles. The van der Waals surface area contributed by atoms with Crippen LogP contribution in [0.1, 0.15) is 20.8 Å². The number of hydrogen-bond donors (Lipinski definition) is 2. The third kappa shape index (κ3) is 6.97. The Hall–Kier alpha value is -3.65. The van der Waals surface area contributed by atoms with E-state index < -0.39 is 11.7 Å². The monoisotopic (exact) mass is 439 g/mol. The van der Waals surface area contributed by atoms with Crippen LogP contribution in [0.25, 0.3) is 17.6 Å². The van der Waals surface area contributed by atoms with Crippen molar-refractivity contribution in [1.29, 1.82) is 0 Å². The molecule has 3 rings (SSSR count). The number of carbonyl (C=O) groups excluding carboxylic acids is 2. The number of anilines is 2. The minimum atomic E-state index is -0.580. The molecule has 0 spiro atoms. The first kappa shape index (κ1) is 22.0. The number of rotatable bonds is 5. The van der Waals surface area contributed by atoms with Gasteiger partial charge in [0.2, 0.25) is 5.91 Å². The summed E-state index contributed by atoms with van der Waals surface area (Å²) in [7, 11) is 0. The van der Waals surface area contributed by atoms with Crippen molar-refractivity contribution in [2.75, 3.05) is 10.6 Å². The van der Waals surface area contributed by atoms with E-state index in [4.69, 9.17) is 16.3 Å². The van der Waals surface area contributed by atoms with Crippen molar-refractivity contribution in [3.05, 3.63) is 66.0 Å². The lowest BCUT2D eigenvalue weighted by Crippen LogP contribution is -2.27. The first-order chi connectivity index (χ1) is 14.7. The van der Waals surface area contributed by atoms with E-state index in [0.717, 1.165) is 5.56 Å². The van der Waals surface area contributed by atoms with Crippen molar-refractivity contribution in [2.45, 2.75) is 26.4 Å². The molecule has 31 heavy (non-hydrogen) atoms. The number of benzene rings is 2. The zero-order valence-corrected chi connectivity index (χ0v) is 18.1. The fraction of sp³-hybridized carbons (Fsp3) is 0.182. The summed E-state index contributed by atoms with van der Waals surface area (Å²) in [4.78, 5) is 28.2. The van der Waals surface area contributed by atoms with Crippen molar-refractivity contribution in [1.82, 2.24) is 14.8 Å². The highest BCUT2D eigenvalue weighted by Crippen LogP contribution is 2.19. The van der Waals surface area contributed by atoms with Crippen molar-refractivity contribution in [3.63, 3.8) is 0 Å². The summed E-state index contributed by atoms with van der Waals surface area (Å²) in [6, 6.07) is 13.9. The molecule has 0 unspecified atom stereocenters. The Morgan fingerprint density at radius 2 is 1.74 bits per heavy atom. The molecule has 2 aromatic carbocycles. The van der Waals surface area contributed by atoms with E-state index in [-0.39, 0.29) is 5.91 Å². The molecule has 1 aromatic heterocycles. The van der Waals surface area contributed by atoms with Gasteiger partial charge in [0.25, 0.3) is 0 Å². The van der Waals surface area contributed by atoms with E-state index in [0.29, 0.717) is 22.2 Å². The predicted molar refractivity (Wildman–Crippen MR) is 121 cm³/mol. The Morgan fingerprint density at radius 1 is 1.06 bits per heavy atom. The number of halogens is 1. The highest BCUT2D eigenvalue weighted by Gasteiger charge is 2.16. The molecule has 2 amide bonds. The van der Waals surface area contributed by atoms with Crippen LogP contribution in [0.5, 0.6) is 0 Å². The molecule has 0 saturated carbocycles. The maximum Gasteiger partial charge on any atom is 0.412 e. The topological polar surface area (TPSA) is 98.1 Å². The number of carbonyl (C=O) groups is 2. The van der Waals surface area contributed by atoms with Gasteiger partial charge in [-0.2, -0.15) is 0 Å². The average molecular weight is 440 g/mol. The summed E-state index contributed by atoms with van der Waals surface area (Å²) in [6.07, 6.45) is 3.78. The highest BCUT2D eigenvalue weighted by atomic mass is 35.5. The lowest BCUT2D eigenvalue weighted by molar-refractivity contribution is -0.111. The first-order valence-electron chi connectivity index (χ1n) is 9.44. The molecule has 0 bridgehead atoms. The van der Waals surface area contributed by atoms with Crippen LogP contribution in [0.4, 0.5) is 16.2 Å². The van der Waals surface area contributed by atoms with Gasteiger partial charge < -0.3 is 10.1 Å². The molecular weight excluding hydrogens is 418 g/mol. The van der Waals surface area contributed by atoms with Crippen molar-refractivity contribution >= 4 is 41.2 Å². The molecule has 8 nitrogen and oxygen atoms in total. The van der Waals surface area contributed by atoms with Crippen LogP contribution in [-0.4, -0.2) is 32.4 Å². The molecule has 2 N–H and O–H groups in total. The van der Waals surface area contributed by atoms with Crippen molar-refractivity contribution in [2.24, 2.45) is 0 Å². The van der Waals surface area contributed by atoms with Crippen molar-refractivity contribution < 1.29 is 14.3 Å². The molecule has 0 saturated heterocycles. The highest BCUT2D eigenvalue weighted by molar-refractivity contribution is 6.30. The number of aromatic nitrogens is 3. The fourth-order valence-electron chi connectivity index (χ4n) is 2.49. The number of nitrogens with zero attached hydrogens (tertiary/aromatic N) is 3. The summed E-state index contributed by atoms with van der Waals surface area (Å²) in [5, 5.41) is 10.2. The fourth-order valence-corrected chi connectivity index (χ4v) is 2.68. The van der Waals surface area contributed by atoms with Gasteiger partial charge in [-0.1, -0.05) is 23.7 Å².